The van der Waals surface area contributed by atoms with Crippen molar-refractivity contribution in [1.29, 1.82) is 0 Å². The maximum absolute atomic E-state index is 12.1. The normalized spacial score (nSPS) is 14.8. The Morgan fingerprint density at radius 3 is 2.74 bits per heavy atom. The first kappa shape index (κ1) is 19.7. The molecule has 0 aromatic heterocycles. The zero-order valence-corrected chi connectivity index (χ0v) is 14.5. The third-order valence-electron chi connectivity index (χ3n) is 3.56. The fourth-order valence-electron chi connectivity index (χ4n) is 2.34. The molecule has 1 heterocycles. The first-order chi connectivity index (χ1) is 10.6. The molecule has 0 aliphatic carbocycles. The highest BCUT2D eigenvalue weighted by atomic mass is 35.5. The number of nitro groups is 1. The maximum atomic E-state index is 12.1. The summed E-state index contributed by atoms with van der Waals surface area (Å²) in [5, 5.41) is 17.1. The summed E-state index contributed by atoms with van der Waals surface area (Å²) < 4.78 is 0. The van der Waals surface area contributed by atoms with Gasteiger partial charge in [0, 0.05) is 50.9 Å². The number of piperazine rings is 1. The third-order valence-corrected chi connectivity index (χ3v) is 4.35. The number of nitrogens with one attached hydrogen (secondary N) is 2. The number of amides is 1. The Morgan fingerprint density at radius 1 is 1.43 bits per heavy atom. The van der Waals surface area contributed by atoms with Crippen LogP contribution in [-0.4, -0.2) is 61.3 Å². The predicted octanol–water partition coefficient (Wildman–Crippen LogP) is 1.37. The van der Waals surface area contributed by atoms with Crippen LogP contribution in [0, 0.1) is 10.1 Å². The van der Waals surface area contributed by atoms with Crippen molar-refractivity contribution in [2.24, 2.45) is 0 Å². The van der Waals surface area contributed by atoms with Crippen LogP contribution in [0.5, 0.6) is 0 Å². The molecule has 1 fully saturated rings. The summed E-state index contributed by atoms with van der Waals surface area (Å²) >= 11 is 1.29. The van der Waals surface area contributed by atoms with Crippen molar-refractivity contribution in [2.45, 2.75) is 4.90 Å². The van der Waals surface area contributed by atoms with Gasteiger partial charge in [-0.15, -0.1) is 24.2 Å². The molecule has 23 heavy (non-hydrogen) atoms. The van der Waals surface area contributed by atoms with Crippen LogP contribution < -0.4 is 10.6 Å². The molecule has 2 rings (SSSR count). The lowest BCUT2D eigenvalue weighted by Crippen LogP contribution is -2.46. The van der Waals surface area contributed by atoms with E-state index < -0.39 is 4.92 Å². The van der Waals surface area contributed by atoms with E-state index in [4.69, 9.17) is 0 Å². The van der Waals surface area contributed by atoms with E-state index >= 15 is 0 Å². The van der Waals surface area contributed by atoms with E-state index in [2.05, 4.69) is 15.5 Å². The Morgan fingerprint density at radius 2 is 2.13 bits per heavy atom. The van der Waals surface area contributed by atoms with Crippen molar-refractivity contribution in [3.05, 3.63) is 33.9 Å². The van der Waals surface area contributed by atoms with E-state index in [0.29, 0.717) is 17.0 Å². The van der Waals surface area contributed by atoms with E-state index in [1.165, 1.54) is 17.8 Å². The van der Waals surface area contributed by atoms with Gasteiger partial charge < -0.3 is 10.6 Å². The smallest absolute Gasteiger partial charge is 0.283 e. The lowest BCUT2D eigenvalue weighted by Gasteiger charge is -2.27. The van der Waals surface area contributed by atoms with Gasteiger partial charge in [0.15, 0.2) is 0 Å². The minimum Gasteiger partial charge on any atom is -0.351 e. The van der Waals surface area contributed by atoms with Gasteiger partial charge in [0.05, 0.1) is 9.82 Å². The topological polar surface area (TPSA) is 87.5 Å². The zero-order valence-electron chi connectivity index (χ0n) is 12.9. The van der Waals surface area contributed by atoms with Crippen LogP contribution in [0.25, 0.3) is 0 Å². The van der Waals surface area contributed by atoms with Crippen LogP contribution in [0.4, 0.5) is 5.69 Å². The first-order valence-corrected chi connectivity index (χ1v) is 8.38. The molecule has 7 nitrogen and oxygen atoms in total. The zero-order chi connectivity index (χ0) is 15.9. The van der Waals surface area contributed by atoms with Gasteiger partial charge in [-0.3, -0.25) is 19.8 Å². The molecule has 1 aromatic carbocycles. The highest BCUT2D eigenvalue weighted by Crippen LogP contribution is 2.28. The SMILES string of the molecule is CSc1ccc(C(=O)NCCN2CCNCC2)cc1[N+](=O)[O-].Cl. The third kappa shape index (κ3) is 5.65. The van der Waals surface area contributed by atoms with Crippen molar-refractivity contribution < 1.29 is 9.72 Å². The number of carbonyl (C=O) groups is 1. The fourth-order valence-corrected chi connectivity index (χ4v) is 2.88. The van der Waals surface area contributed by atoms with Gasteiger partial charge in [-0.2, -0.15) is 0 Å². The molecule has 128 valence electrons. The van der Waals surface area contributed by atoms with Crippen LogP contribution >= 0.6 is 24.2 Å². The summed E-state index contributed by atoms with van der Waals surface area (Å²) in [6.07, 6.45) is 1.77. The molecule has 1 amide bonds. The Bertz CT molecular complexity index is 553. The summed E-state index contributed by atoms with van der Waals surface area (Å²) in [5.41, 5.74) is 0.298. The average Bonchev–Trinajstić information content (AvgIpc) is 2.55. The second-order valence-corrected chi connectivity index (χ2v) is 5.84. The number of hydrogen-bond acceptors (Lipinski definition) is 6. The highest BCUT2D eigenvalue weighted by Gasteiger charge is 2.17. The number of nitro benzene ring substituents is 1. The Hall–Kier alpha value is -1.35. The number of nitrogens with zero attached hydrogens (tertiary/aromatic N) is 2. The molecule has 0 bridgehead atoms. The van der Waals surface area contributed by atoms with Gasteiger partial charge in [-0.05, 0) is 18.4 Å². The molecule has 2 N–H and O–H groups in total. The highest BCUT2D eigenvalue weighted by molar-refractivity contribution is 7.98. The summed E-state index contributed by atoms with van der Waals surface area (Å²) in [6, 6.07) is 4.58. The number of halogens is 1. The molecule has 0 atom stereocenters. The number of carbonyl (C=O) groups excluding carboxylic acids is 1. The first-order valence-electron chi connectivity index (χ1n) is 7.15. The lowest BCUT2D eigenvalue weighted by molar-refractivity contribution is -0.387. The molecule has 1 aromatic rings. The van der Waals surface area contributed by atoms with E-state index in [9.17, 15) is 14.9 Å². The standard InChI is InChI=1S/C14H20N4O3S.ClH/c1-22-13-3-2-11(10-12(13)18(20)21)14(19)16-6-9-17-7-4-15-5-8-17;/h2-3,10,15H,4-9H2,1H3,(H,16,19);1H. The Kier molecular flexibility index (Phi) is 8.32. The Balaban J connectivity index is 0.00000264. The number of rotatable bonds is 6. The molecule has 9 heteroatoms. The second-order valence-electron chi connectivity index (χ2n) is 4.99. The van der Waals surface area contributed by atoms with E-state index in [1.807, 2.05) is 0 Å². The fraction of sp³-hybridized carbons (Fsp3) is 0.500. The molecule has 0 saturated carbocycles. The minimum atomic E-state index is -0.455. The molecule has 1 aliphatic heterocycles. The van der Waals surface area contributed by atoms with Crippen LogP contribution in [0.2, 0.25) is 0 Å². The maximum Gasteiger partial charge on any atom is 0.283 e. The predicted molar refractivity (Wildman–Crippen MR) is 93.8 cm³/mol. The summed E-state index contributed by atoms with van der Waals surface area (Å²) in [4.78, 5) is 25.5. The second kappa shape index (κ2) is 9.71. The van der Waals surface area contributed by atoms with Gasteiger partial charge in [0.2, 0.25) is 0 Å². The largest absolute Gasteiger partial charge is 0.351 e. The van der Waals surface area contributed by atoms with Gasteiger partial charge in [-0.1, -0.05) is 0 Å². The van der Waals surface area contributed by atoms with Crippen LogP contribution in [0.3, 0.4) is 0 Å². The molecule has 0 unspecified atom stereocenters. The van der Waals surface area contributed by atoms with Crippen molar-refractivity contribution in [2.75, 3.05) is 45.5 Å². The summed E-state index contributed by atoms with van der Waals surface area (Å²) in [5.74, 6) is -0.272. The van der Waals surface area contributed by atoms with Crippen LogP contribution in [-0.2, 0) is 0 Å². The van der Waals surface area contributed by atoms with Crippen LogP contribution in [0.15, 0.2) is 23.1 Å². The monoisotopic (exact) mass is 360 g/mol. The molecule has 1 aliphatic rings. The van der Waals surface area contributed by atoms with Crippen molar-refractivity contribution in [3.8, 4) is 0 Å². The molecule has 1 saturated heterocycles. The molecular formula is C14H21ClN4O3S. The molecule has 0 radical (unpaired) electrons. The van der Waals surface area contributed by atoms with Crippen molar-refractivity contribution in [1.82, 2.24) is 15.5 Å². The molecule has 0 spiro atoms. The number of thioether (sulfide) groups is 1. The van der Waals surface area contributed by atoms with Crippen molar-refractivity contribution in [3.63, 3.8) is 0 Å². The average molecular weight is 361 g/mol. The minimum absolute atomic E-state index is 0. The molecular weight excluding hydrogens is 340 g/mol. The number of benzene rings is 1. The Labute approximate surface area is 145 Å². The summed E-state index contributed by atoms with van der Waals surface area (Å²) in [6.45, 7) is 5.22. The number of hydrogen-bond donors (Lipinski definition) is 2. The van der Waals surface area contributed by atoms with E-state index in [-0.39, 0.29) is 24.0 Å². The van der Waals surface area contributed by atoms with Crippen molar-refractivity contribution >= 4 is 35.8 Å². The van der Waals surface area contributed by atoms with Gasteiger partial charge in [0.25, 0.3) is 11.6 Å². The van der Waals surface area contributed by atoms with Gasteiger partial charge in [-0.25, -0.2) is 0 Å². The van der Waals surface area contributed by atoms with E-state index in [0.717, 1.165) is 32.7 Å². The van der Waals surface area contributed by atoms with E-state index in [1.54, 1.807) is 18.4 Å². The lowest BCUT2D eigenvalue weighted by atomic mass is 10.2. The quantitative estimate of drug-likeness (QED) is 0.452. The van der Waals surface area contributed by atoms with Gasteiger partial charge >= 0.3 is 0 Å². The van der Waals surface area contributed by atoms with Gasteiger partial charge in [0.1, 0.15) is 0 Å². The summed E-state index contributed by atoms with van der Waals surface area (Å²) in [7, 11) is 0. The van der Waals surface area contributed by atoms with Crippen LogP contribution in [0.1, 0.15) is 10.4 Å².